The Labute approximate surface area is 122 Å². The van der Waals surface area contributed by atoms with Crippen LogP contribution in [0.25, 0.3) is 0 Å². The molecule has 0 aromatic heterocycles. The third-order valence-electron chi connectivity index (χ3n) is 3.04. The van der Waals surface area contributed by atoms with Gasteiger partial charge in [-0.1, -0.05) is 23.8 Å². The molecule has 0 saturated heterocycles. The zero-order chi connectivity index (χ0) is 15.4. The number of aryl methyl sites for hydroxylation is 2. The minimum absolute atomic E-state index is 0.141. The van der Waals surface area contributed by atoms with Crippen LogP contribution in [0.2, 0.25) is 0 Å². The lowest BCUT2D eigenvalue weighted by atomic mass is 10.1. The van der Waals surface area contributed by atoms with Crippen molar-refractivity contribution < 1.29 is 14.0 Å². The third kappa shape index (κ3) is 3.66. The lowest BCUT2D eigenvalue weighted by Crippen LogP contribution is -2.41. The number of benzene rings is 2. The number of nitrogens with one attached hydrogen (secondary N) is 2. The Kier molecular flexibility index (Phi) is 4.33. The lowest BCUT2D eigenvalue weighted by molar-refractivity contribution is 0.0846. The van der Waals surface area contributed by atoms with Crippen molar-refractivity contribution in [3.63, 3.8) is 0 Å². The van der Waals surface area contributed by atoms with E-state index in [2.05, 4.69) is 10.9 Å². The fourth-order valence-electron chi connectivity index (χ4n) is 1.70. The number of halogens is 1. The smallest absolute Gasteiger partial charge is 0.267 e. The van der Waals surface area contributed by atoms with Crippen LogP contribution in [-0.2, 0) is 0 Å². The Morgan fingerprint density at radius 1 is 0.857 bits per heavy atom. The predicted molar refractivity (Wildman–Crippen MR) is 77.2 cm³/mol. The van der Waals surface area contributed by atoms with Crippen molar-refractivity contribution in [1.82, 2.24) is 10.9 Å². The summed E-state index contributed by atoms with van der Waals surface area (Å²) in [7, 11) is 0. The van der Waals surface area contributed by atoms with Crippen molar-refractivity contribution in [1.29, 1.82) is 0 Å². The first-order valence-corrected chi connectivity index (χ1v) is 6.41. The summed E-state index contributed by atoms with van der Waals surface area (Å²) < 4.78 is 13.4. The van der Waals surface area contributed by atoms with Crippen LogP contribution >= 0.6 is 0 Å². The van der Waals surface area contributed by atoms with Gasteiger partial charge in [-0.2, -0.15) is 0 Å². The van der Waals surface area contributed by atoms with E-state index in [0.29, 0.717) is 11.1 Å². The van der Waals surface area contributed by atoms with Crippen LogP contribution in [-0.4, -0.2) is 11.8 Å². The summed E-state index contributed by atoms with van der Waals surface area (Å²) in [5, 5.41) is 0. The van der Waals surface area contributed by atoms with E-state index >= 15 is 0 Å². The molecule has 4 nitrogen and oxygen atoms in total. The van der Waals surface area contributed by atoms with Gasteiger partial charge in [0.1, 0.15) is 5.82 Å². The van der Waals surface area contributed by atoms with Crippen LogP contribution in [0.15, 0.2) is 42.5 Å². The number of carbonyl (C=O) groups excluding carboxylic acids is 2. The van der Waals surface area contributed by atoms with Gasteiger partial charge >= 0.3 is 0 Å². The van der Waals surface area contributed by atoms with Gasteiger partial charge in [0.05, 0.1) is 0 Å². The highest BCUT2D eigenvalue weighted by molar-refractivity contribution is 5.99. The second-order valence-corrected chi connectivity index (χ2v) is 4.74. The summed E-state index contributed by atoms with van der Waals surface area (Å²) in [4.78, 5) is 23.6. The van der Waals surface area contributed by atoms with E-state index in [1.54, 1.807) is 31.2 Å². The molecule has 2 rings (SSSR count). The highest BCUT2D eigenvalue weighted by Crippen LogP contribution is 2.09. The van der Waals surface area contributed by atoms with Crippen molar-refractivity contribution in [3.05, 3.63) is 70.5 Å². The summed E-state index contributed by atoms with van der Waals surface area (Å²) in [5.41, 5.74) is 6.60. The number of hydrogen-bond donors (Lipinski definition) is 2. The molecule has 0 aliphatic carbocycles. The quantitative estimate of drug-likeness (QED) is 0.833. The Morgan fingerprint density at radius 2 is 1.38 bits per heavy atom. The number of rotatable bonds is 2. The standard InChI is InChI=1S/C16H15FN2O2/c1-10-3-6-12(7-4-10)15(20)18-19-16(21)13-8-5-11(2)14(17)9-13/h3-9H,1-2H3,(H,18,20)(H,19,21). The zero-order valence-corrected chi connectivity index (χ0v) is 11.7. The maximum atomic E-state index is 13.4. The average Bonchev–Trinajstić information content (AvgIpc) is 2.48. The molecule has 2 aromatic carbocycles. The second-order valence-electron chi connectivity index (χ2n) is 4.74. The Balaban J connectivity index is 1.98. The molecular weight excluding hydrogens is 271 g/mol. The van der Waals surface area contributed by atoms with Gasteiger partial charge in [0, 0.05) is 11.1 Å². The molecule has 0 radical (unpaired) electrons. The summed E-state index contributed by atoms with van der Waals surface area (Å²) in [5.74, 6) is -1.47. The van der Waals surface area contributed by atoms with E-state index in [-0.39, 0.29) is 5.56 Å². The molecule has 21 heavy (non-hydrogen) atoms. The zero-order valence-electron chi connectivity index (χ0n) is 11.7. The summed E-state index contributed by atoms with van der Waals surface area (Å²) in [6, 6.07) is 11.0. The van der Waals surface area contributed by atoms with E-state index in [9.17, 15) is 14.0 Å². The SMILES string of the molecule is Cc1ccc(C(=O)NNC(=O)c2ccc(C)c(F)c2)cc1. The minimum Gasteiger partial charge on any atom is -0.267 e. The first-order valence-electron chi connectivity index (χ1n) is 6.41. The van der Waals surface area contributed by atoms with Crippen LogP contribution in [0.5, 0.6) is 0 Å². The van der Waals surface area contributed by atoms with Gasteiger partial charge < -0.3 is 0 Å². The van der Waals surface area contributed by atoms with Crippen LogP contribution < -0.4 is 10.9 Å². The highest BCUT2D eigenvalue weighted by atomic mass is 19.1. The fraction of sp³-hybridized carbons (Fsp3) is 0.125. The van der Waals surface area contributed by atoms with Crippen molar-refractivity contribution >= 4 is 11.8 Å². The summed E-state index contributed by atoms with van der Waals surface area (Å²) >= 11 is 0. The molecular formula is C16H15FN2O2. The third-order valence-corrected chi connectivity index (χ3v) is 3.04. The van der Waals surface area contributed by atoms with Crippen molar-refractivity contribution in [2.24, 2.45) is 0 Å². The van der Waals surface area contributed by atoms with Gasteiger partial charge in [-0.05, 0) is 43.7 Å². The van der Waals surface area contributed by atoms with Crippen LogP contribution in [0.3, 0.4) is 0 Å². The first kappa shape index (κ1) is 14.7. The average molecular weight is 286 g/mol. The number of hydrogen-bond acceptors (Lipinski definition) is 2. The summed E-state index contributed by atoms with van der Waals surface area (Å²) in [6.07, 6.45) is 0. The molecule has 0 saturated carbocycles. The normalized spacial score (nSPS) is 10.0. The van der Waals surface area contributed by atoms with Crippen molar-refractivity contribution in [2.75, 3.05) is 0 Å². The molecule has 5 heteroatoms. The van der Waals surface area contributed by atoms with E-state index in [1.165, 1.54) is 12.1 Å². The van der Waals surface area contributed by atoms with Crippen LogP contribution in [0.1, 0.15) is 31.8 Å². The number of carbonyl (C=O) groups is 2. The number of amides is 2. The van der Waals surface area contributed by atoms with E-state index in [4.69, 9.17) is 0 Å². The van der Waals surface area contributed by atoms with E-state index in [1.807, 2.05) is 6.92 Å². The van der Waals surface area contributed by atoms with Gasteiger partial charge in [0.15, 0.2) is 0 Å². The van der Waals surface area contributed by atoms with Gasteiger partial charge in [0.2, 0.25) is 0 Å². The van der Waals surface area contributed by atoms with Crippen molar-refractivity contribution in [2.45, 2.75) is 13.8 Å². The molecule has 0 unspecified atom stereocenters. The molecule has 0 heterocycles. The van der Waals surface area contributed by atoms with Crippen LogP contribution in [0.4, 0.5) is 4.39 Å². The first-order chi connectivity index (χ1) is 9.97. The number of hydrazine groups is 1. The van der Waals surface area contributed by atoms with Crippen LogP contribution in [0, 0.1) is 19.7 Å². The molecule has 0 atom stereocenters. The van der Waals surface area contributed by atoms with E-state index in [0.717, 1.165) is 11.6 Å². The predicted octanol–water partition coefficient (Wildman–Crippen LogP) is 2.52. The Morgan fingerprint density at radius 3 is 1.95 bits per heavy atom. The van der Waals surface area contributed by atoms with Gasteiger partial charge in [-0.3, -0.25) is 20.4 Å². The van der Waals surface area contributed by atoms with Gasteiger partial charge in [-0.15, -0.1) is 0 Å². The molecule has 0 spiro atoms. The largest absolute Gasteiger partial charge is 0.269 e. The molecule has 2 aromatic rings. The molecule has 2 amide bonds. The Bertz CT molecular complexity index is 681. The molecule has 2 N–H and O–H groups in total. The molecule has 0 aliphatic rings. The van der Waals surface area contributed by atoms with Gasteiger partial charge in [-0.25, -0.2) is 4.39 Å². The topological polar surface area (TPSA) is 58.2 Å². The molecule has 0 aliphatic heterocycles. The molecule has 108 valence electrons. The molecule has 0 fully saturated rings. The van der Waals surface area contributed by atoms with E-state index < -0.39 is 17.6 Å². The maximum absolute atomic E-state index is 13.4. The summed E-state index contributed by atoms with van der Waals surface area (Å²) in [6.45, 7) is 3.52. The van der Waals surface area contributed by atoms with Gasteiger partial charge in [0.25, 0.3) is 11.8 Å². The highest BCUT2D eigenvalue weighted by Gasteiger charge is 2.10. The fourth-order valence-corrected chi connectivity index (χ4v) is 1.70. The minimum atomic E-state index is -0.575. The molecule has 0 bridgehead atoms. The second kappa shape index (κ2) is 6.17. The maximum Gasteiger partial charge on any atom is 0.269 e. The van der Waals surface area contributed by atoms with Crippen molar-refractivity contribution in [3.8, 4) is 0 Å². The Hall–Kier alpha value is -2.69. The monoisotopic (exact) mass is 286 g/mol. The lowest BCUT2D eigenvalue weighted by Gasteiger charge is -2.08.